The molecule has 1 aromatic carbocycles. The number of hydrogen-bond donors (Lipinski definition) is 3. The van der Waals surface area contributed by atoms with Crippen LogP contribution in [0.1, 0.15) is 13.3 Å². The SMILES string of the molecule is CC(N)CC(=O)NCCn1c(=O)[nH]c2ccccc21.Cl. The third kappa shape index (κ3) is 3.85. The predicted octanol–water partition coefficient (Wildman–Crippen LogP) is 0.605. The van der Waals surface area contributed by atoms with Crippen molar-refractivity contribution in [2.24, 2.45) is 5.73 Å². The van der Waals surface area contributed by atoms with Crippen LogP contribution in [0.15, 0.2) is 29.1 Å². The van der Waals surface area contributed by atoms with Crippen molar-refractivity contribution in [3.05, 3.63) is 34.7 Å². The van der Waals surface area contributed by atoms with Crippen LogP contribution >= 0.6 is 12.4 Å². The maximum atomic E-state index is 11.8. The summed E-state index contributed by atoms with van der Waals surface area (Å²) in [6.07, 6.45) is 0.294. The monoisotopic (exact) mass is 298 g/mol. The summed E-state index contributed by atoms with van der Waals surface area (Å²) in [5.41, 5.74) is 7.01. The number of rotatable bonds is 5. The summed E-state index contributed by atoms with van der Waals surface area (Å²) in [6, 6.07) is 7.31. The lowest BCUT2D eigenvalue weighted by Crippen LogP contribution is -2.33. The number of aromatic nitrogens is 2. The number of nitrogens with zero attached hydrogens (tertiary/aromatic N) is 1. The van der Waals surface area contributed by atoms with Gasteiger partial charge in [-0.05, 0) is 19.1 Å². The van der Waals surface area contributed by atoms with Gasteiger partial charge in [0.1, 0.15) is 0 Å². The molecular weight excluding hydrogens is 280 g/mol. The molecule has 110 valence electrons. The number of nitrogens with two attached hydrogens (primary N) is 1. The number of fused-ring (bicyclic) bond motifs is 1. The summed E-state index contributed by atoms with van der Waals surface area (Å²) in [7, 11) is 0. The molecule has 4 N–H and O–H groups in total. The number of amides is 1. The van der Waals surface area contributed by atoms with Crippen molar-refractivity contribution in [2.45, 2.75) is 25.9 Å². The molecule has 1 atom stereocenters. The minimum Gasteiger partial charge on any atom is -0.354 e. The Morgan fingerprint density at radius 1 is 1.45 bits per heavy atom. The minimum absolute atomic E-state index is 0. The van der Waals surface area contributed by atoms with Crippen molar-refractivity contribution in [2.75, 3.05) is 6.54 Å². The second-order valence-corrected chi connectivity index (χ2v) is 4.63. The molecular formula is C13H19ClN4O2. The van der Waals surface area contributed by atoms with Crippen LogP contribution in [0.25, 0.3) is 11.0 Å². The van der Waals surface area contributed by atoms with Crippen LogP contribution in [0.5, 0.6) is 0 Å². The summed E-state index contributed by atoms with van der Waals surface area (Å²) in [5, 5.41) is 2.75. The van der Waals surface area contributed by atoms with Crippen LogP contribution in [0.4, 0.5) is 0 Å². The predicted molar refractivity (Wildman–Crippen MR) is 81.1 cm³/mol. The van der Waals surface area contributed by atoms with E-state index in [1.54, 1.807) is 11.5 Å². The number of aromatic amines is 1. The molecule has 0 spiro atoms. The second kappa shape index (κ2) is 7.12. The average Bonchev–Trinajstić information content (AvgIpc) is 2.65. The van der Waals surface area contributed by atoms with E-state index in [0.717, 1.165) is 11.0 Å². The number of benzene rings is 1. The van der Waals surface area contributed by atoms with Gasteiger partial charge in [-0.25, -0.2) is 4.79 Å². The summed E-state index contributed by atoms with van der Waals surface area (Å²) < 4.78 is 1.61. The van der Waals surface area contributed by atoms with Crippen LogP contribution in [0.2, 0.25) is 0 Å². The highest BCUT2D eigenvalue weighted by Crippen LogP contribution is 2.08. The summed E-state index contributed by atoms with van der Waals surface area (Å²) >= 11 is 0. The lowest BCUT2D eigenvalue weighted by atomic mass is 10.2. The molecule has 2 aromatic rings. The highest BCUT2D eigenvalue weighted by Gasteiger charge is 2.07. The molecule has 1 heterocycles. The Labute approximate surface area is 122 Å². The first kappa shape index (κ1) is 16.3. The average molecular weight is 299 g/mol. The maximum Gasteiger partial charge on any atom is 0.326 e. The number of para-hydroxylation sites is 2. The van der Waals surface area contributed by atoms with E-state index in [-0.39, 0.29) is 30.0 Å². The van der Waals surface area contributed by atoms with E-state index < -0.39 is 0 Å². The van der Waals surface area contributed by atoms with Gasteiger partial charge in [0.25, 0.3) is 0 Å². The van der Waals surface area contributed by atoms with Gasteiger partial charge in [-0.1, -0.05) is 12.1 Å². The van der Waals surface area contributed by atoms with Crippen molar-refractivity contribution < 1.29 is 4.79 Å². The minimum atomic E-state index is -0.164. The van der Waals surface area contributed by atoms with Gasteiger partial charge in [0.15, 0.2) is 0 Å². The van der Waals surface area contributed by atoms with E-state index in [1.807, 2.05) is 24.3 Å². The normalized spacial score (nSPS) is 11.9. The van der Waals surface area contributed by atoms with E-state index in [2.05, 4.69) is 10.3 Å². The van der Waals surface area contributed by atoms with Gasteiger partial charge in [0.2, 0.25) is 5.91 Å². The van der Waals surface area contributed by atoms with Gasteiger partial charge >= 0.3 is 5.69 Å². The van der Waals surface area contributed by atoms with E-state index in [1.165, 1.54) is 0 Å². The van der Waals surface area contributed by atoms with Gasteiger partial charge in [-0.3, -0.25) is 9.36 Å². The fraction of sp³-hybridized carbons (Fsp3) is 0.385. The van der Waals surface area contributed by atoms with Crippen LogP contribution in [-0.2, 0) is 11.3 Å². The Kier molecular flexibility index (Phi) is 5.79. The molecule has 2 rings (SSSR count). The Morgan fingerprint density at radius 2 is 2.15 bits per heavy atom. The molecule has 20 heavy (non-hydrogen) atoms. The molecule has 7 heteroatoms. The number of halogens is 1. The molecule has 0 radical (unpaired) electrons. The number of H-pyrrole nitrogens is 1. The molecule has 6 nitrogen and oxygen atoms in total. The molecule has 0 fully saturated rings. The Bertz CT molecular complexity index is 633. The number of hydrogen-bond acceptors (Lipinski definition) is 3. The van der Waals surface area contributed by atoms with Crippen molar-refractivity contribution in [1.82, 2.24) is 14.9 Å². The van der Waals surface area contributed by atoms with Gasteiger partial charge in [0, 0.05) is 25.6 Å². The highest BCUT2D eigenvalue weighted by atomic mass is 35.5. The molecule has 0 aliphatic carbocycles. The highest BCUT2D eigenvalue weighted by molar-refractivity contribution is 5.85. The van der Waals surface area contributed by atoms with E-state index >= 15 is 0 Å². The molecule has 0 bridgehead atoms. The first-order valence-corrected chi connectivity index (χ1v) is 6.28. The molecule has 1 aromatic heterocycles. The van der Waals surface area contributed by atoms with Crippen LogP contribution in [0, 0.1) is 0 Å². The standard InChI is InChI=1S/C13H18N4O2.ClH/c1-9(14)8-12(18)15-6-7-17-11-5-3-2-4-10(11)16-13(17)19;/h2-5,9H,6-8,14H2,1H3,(H,15,18)(H,16,19);1H. The van der Waals surface area contributed by atoms with Gasteiger partial charge in [-0.2, -0.15) is 0 Å². The van der Waals surface area contributed by atoms with E-state index in [9.17, 15) is 9.59 Å². The lowest BCUT2D eigenvalue weighted by molar-refractivity contribution is -0.121. The number of imidazole rings is 1. The van der Waals surface area contributed by atoms with E-state index in [0.29, 0.717) is 19.5 Å². The number of carbonyl (C=O) groups excluding carboxylic acids is 1. The van der Waals surface area contributed by atoms with Crippen molar-refractivity contribution >= 4 is 29.3 Å². The molecule has 0 aliphatic rings. The van der Waals surface area contributed by atoms with Crippen LogP contribution in [0.3, 0.4) is 0 Å². The zero-order valence-electron chi connectivity index (χ0n) is 11.3. The number of carbonyl (C=O) groups is 1. The summed E-state index contributed by atoms with van der Waals surface area (Å²) in [6.45, 7) is 2.63. The molecule has 0 aliphatic heterocycles. The summed E-state index contributed by atoms with van der Waals surface area (Å²) in [4.78, 5) is 26.0. The summed E-state index contributed by atoms with van der Waals surface area (Å²) in [5.74, 6) is -0.0945. The Hall–Kier alpha value is -1.79. The largest absolute Gasteiger partial charge is 0.354 e. The molecule has 0 saturated heterocycles. The van der Waals surface area contributed by atoms with Crippen LogP contribution in [-0.4, -0.2) is 28.0 Å². The van der Waals surface area contributed by atoms with Crippen LogP contribution < -0.4 is 16.7 Å². The van der Waals surface area contributed by atoms with Crippen molar-refractivity contribution in [1.29, 1.82) is 0 Å². The zero-order valence-corrected chi connectivity index (χ0v) is 12.1. The molecule has 1 unspecified atom stereocenters. The first-order valence-electron chi connectivity index (χ1n) is 6.28. The van der Waals surface area contributed by atoms with Gasteiger partial charge in [0.05, 0.1) is 11.0 Å². The third-order valence-corrected chi connectivity index (χ3v) is 2.85. The van der Waals surface area contributed by atoms with Gasteiger partial charge < -0.3 is 16.0 Å². The fourth-order valence-corrected chi connectivity index (χ4v) is 2.00. The van der Waals surface area contributed by atoms with Gasteiger partial charge in [-0.15, -0.1) is 12.4 Å². The Morgan fingerprint density at radius 3 is 2.85 bits per heavy atom. The maximum absolute atomic E-state index is 11.8. The van der Waals surface area contributed by atoms with Crippen molar-refractivity contribution in [3.63, 3.8) is 0 Å². The quantitative estimate of drug-likeness (QED) is 0.755. The Balaban J connectivity index is 0.00000200. The number of nitrogens with one attached hydrogen (secondary N) is 2. The smallest absolute Gasteiger partial charge is 0.326 e. The second-order valence-electron chi connectivity index (χ2n) is 4.63. The lowest BCUT2D eigenvalue weighted by Gasteiger charge is -2.07. The third-order valence-electron chi connectivity index (χ3n) is 2.85. The first-order chi connectivity index (χ1) is 9.08. The van der Waals surface area contributed by atoms with Crippen molar-refractivity contribution in [3.8, 4) is 0 Å². The fourth-order valence-electron chi connectivity index (χ4n) is 2.00. The molecule has 1 amide bonds. The van der Waals surface area contributed by atoms with E-state index in [4.69, 9.17) is 5.73 Å². The topological polar surface area (TPSA) is 92.9 Å². The zero-order chi connectivity index (χ0) is 13.8. The molecule has 0 saturated carbocycles.